The first-order valence-corrected chi connectivity index (χ1v) is 12.2. The van der Waals surface area contributed by atoms with E-state index in [1.165, 1.54) is 6.33 Å². The molecule has 0 fully saturated rings. The third-order valence-corrected chi connectivity index (χ3v) is 5.49. The Morgan fingerprint density at radius 3 is 2.64 bits per heavy atom. The van der Waals surface area contributed by atoms with Gasteiger partial charge in [-0.15, -0.1) is 0 Å². The van der Waals surface area contributed by atoms with Crippen molar-refractivity contribution in [1.29, 1.82) is 0 Å². The van der Waals surface area contributed by atoms with Crippen molar-refractivity contribution in [3.05, 3.63) is 60.1 Å². The van der Waals surface area contributed by atoms with E-state index in [0.29, 0.717) is 59.4 Å². The number of hydrogen-bond donors (Lipinski definition) is 5. The molecule has 0 spiro atoms. The highest BCUT2D eigenvalue weighted by atomic mass is 19.1. The van der Waals surface area contributed by atoms with E-state index in [9.17, 15) is 18.7 Å². The zero-order chi connectivity index (χ0) is 27.8. The number of amides is 1. The number of ether oxygens (including phenoxy) is 2. The Labute approximate surface area is 223 Å². The quantitative estimate of drug-likeness (QED) is 0.161. The first-order valence-electron chi connectivity index (χ1n) is 12.2. The highest BCUT2D eigenvalue weighted by Gasteiger charge is 2.14. The van der Waals surface area contributed by atoms with Crippen molar-refractivity contribution in [3.63, 3.8) is 0 Å². The second-order valence-electron chi connectivity index (χ2n) is 8.78. The first kappa shape index (κ1) is 27.7. The standard InChI is InChI=1S/C26H29F2N7O4/c1-15(36)13-29-4-3-5-39-23-12-21-20(11-22(23)38-2)26(31-14-30-21)33-24-9-19(34-35-24)10-25(37)32-18-7-16(27)6-17(28)8-18/h6-9,11-12,14-15,29,36H,3-5,10,13H2,1-2H3,(H,32,37)(H2,30,31,33,34,35)/t15-/m0/s1. The van der Waals surface area contributed by atoms with Crippen molar-refractivity contribution in [2.75, 3.05) is 37.4 Å². The largest absolute Gasteiger partial charge is 0.493 e. The highest BCUT2D eigenvalue weighted by molar-refractivity contribution is 5.93. The number of benzene rings is 2. The van der Waals surface area contributed by atoms with Gasteiger partial charge in [-0.05, 0) is 38.1 Å². The maximum atomic E-state index is 13.4. The lowest BCUT2D eigenvalue weighted by atomic mass is 10.2. The molecule has 11 nitrogen and oxygen atoms in total. The van der Waals surface area contributed by atoms with Crippen LogP contribution in [0.2, 0.25) is 0 Å². The molecule has 0 radical (unpaired) electrons. The lowest BCUT2D eigenvalue weighted by Gasteiger charge is -2.13. The van der Waals surface area contributed by atoms with E-state index in [0.717, 1.165) is 24.6 Å². The summed E-state index contributed by atoms with van der Waals surface area (Å²) in [5.74, 6) is -0.136. The number of aromatic amines is 1. The fourth-order valence-corrected chi connectivity index (χ4v) is 3.77. The molecule has 5 N–H and O–H groups in total. The number of methoxy groups -OCH3 is 1. The molecule has 1 amide bonds. The topological polar surface area (TPSA) is 146 Å². The van der Waals surface area contributed by atoms with Gasteiger partial charge in [0, 0.05) is 41.5 Å². The van der Waals surface area contributed by atoms with Gasteiger partial charge >= 0.3 is 0 Å². The zero-order valence-electron chi connectivity index (χ0n) is 21.4. The van der Waals surface area contributed by atoms with Crippen molar-refractivity contribution >= 4 is 34.1 Å². The fourth-order valence-electron chi connectivity index (χ4n) is 3.77. The molecule has 0 unspecified atom stereocenters. The van der Waals surface area contributed by atoms with Crippen LogP contribution < -0.4 is 25.4 Å². The summed E-state index contributed by atoms with van der Waals surface area (Å²) in [6.07, 6.45) is 1.64. The monoisotopic (exact) mass is 541 g/mol. The molecule has 0 saturated heterocycles. The van der Waals surface area contributed by atoms with Gasteiger partial charge in [-0.1, -0.05) is 0 Å². The van der Waals surface area contributed by atoms with Crippen LogP contribution in [0.25, 0.3) is 10.9 Å². The second kappa shape index (κ2) is 12.9. The molecule has 4 aromatic rings. The van der Waals surface area contributed by atoms with Crippen LogP contribution in [0.1, 0.15) is 19.0 Å². The number of aliphatic hydroxyl groups is 1. The molecule has 0 aliphatic rings. The molecule has 206 valence electrons. The van der Waals surface area contributed by atoms with E-state index < -0.39 is 23.6 Å². The number of anilines is 3. The van der Waals surface area contributed by atoms with Crippen molar-refractivity contribution in [1.82, 2.24) is 25.5 Å². The van der Waals surface area contributed by atoms with Gasteiger partial charge in [0.15, 0.2) is 17.3 Å². The predicted octanol–water partition coefficient (Wildman–Crippen LogP) is 3.30. The molecule has 1 atom stereocenters. The van der Waals surface area contributed by atoms with E-state index in [2.05, 4.69) is 36.1 Å². The predicted molar refractivity (Wildman–Crippen MR) is 141 cm³/mol. The number of halogens is 2. The lowest BCUT2D eigenvalue weighted by molar-refractivity contribution is -0.115. The second-order valence-corrected chi connectivity index (χ2v) is 8.78. The Morgan fingerprint density at radius 1 is 1.10 bits per heavy atom. The molecule has 0 aliphatic heterocycles. The summed E-state index contributed by atoms with van der Waals surface area (Å²) in [7, 11) is 1.54. The van der Waals surface area contributed by atoms with Gasteiger partial charge < -0.3 is 30.5 Å². The van der Waals surface area contributed by atoms with Crippen LogP contribution in [0.3, 0.4) is 0 Å². The molecule has 0 aliphatic carbocycles. The Balaban J connectivity index is 1.40. The van der Waals surface area contributed by atoms with E-state index >= 15 is 0 Å². The SMILES string of the molecule is COc1cc2c(Nc3cc(CC(=O)Nc4cc(F)cc(F)c4)[nH]n3)ncnc2cc1OCCCNC[C@H](C)O. The van der Waals surface area contributed by atoms with E-state index in [1.54, 1.807) is 32.2 Å². The molecule has 2 aromatic carbocycles. The minimum Gasteiger partial charge on any atom is -0.493 e. The number of hydrogen-bond acceptors (Lipinski definition) is 9. The van der Waals surface area contributed by atoms with Crippen molar-refractivity contribution in [3.8, 4) is 11.5 Å². The van der Waals surface area contributed by atoms with Gasteiger partial charge in [0.2, 0.25) is 5.91 Å². The maximum absolute atomic E-state index is 13.4. The van der Waals surface area contributed by atoms with Gasteiger partial charge in [0.1, 0.15) is 23.8 Å². The van der Waals surface area contributed by atoms with Gasteiger partial charge in [-0.2, -0.15) is 5.10 Å². The molecule has 13 heteroatoms. The molecule has 4 rings (SSSR count). The molecular weight excluding hydrogens is 512 g/mol. The molecule has 0 bridgehead atoms. The van der Waals surface area contributed by atoms with Gasteiger partial charge in [0.05, 0.1) is 31.8 Å². The summed E-state index contributed by atoms with van der Waals surface area (Å²) in [5, 5.41) is 25.6. The minimum atomic E-state index is -0.785. The van der Waals surface area contributed by atoms with Gasteiger partial charge in [0.25, 0.3) is 0 Å². The average Bonchev–Trinajstić information content (AvgIpc) is 3.31. The molecular formula is C26H29F2N7O4. The average molecular weight is 542 g/mol. The maximum Gasteiger partial charge on any atom is 0.230 e. The van der Waals surface area contributed by atoms with E-state index in [1.807, 2.05) is 0 Å². The molecule has 39 heavy (non-hydrogen) atoms. The molecule has 2 heterocycles. The van der Waals surface area contributed by atoms with Crippen LogP contribution in [0.15, 0.2) is 42.7 Å². The van der Waals surface area contributed by atoms with Crippen LogP contribution >= 0.6 is 0 Å². The van der Waals surface area contributed by atoms with E-state index in [-0.39, 0.29) is 12.1 Å². The van der Waals surface area contributed by atoms with Gasteiger partial charge in [-0.25, -0.2) is 18.7 Å². The summed E-state index contributed by atoms with van der Waals surface area (Å²) in [4.78, 5) is 21.0. The smallest absolute Gasteiger partial charge is 0.230 e. The zero-order valence-corrected chi connectivity index (χ0v) is 21.4. The van der Waals surface area contributed by atoms with Crippen LogP contribution in [0, 0.1) is 11.6 Å². The Morgan fingerprint density at radius 2 is 1.90 bits per heavy atom. The van der Waals surface area contributed by atoms with Crippen molar-refractivity contribution in [2.24, 2.45) is 0 Å². The molecule has 2 aromatic heterocycles. The number of fused-ring (bicyclic) bond motifs is 1. The Bertz CT molecular complexity index is 1410. The normalized spacial score (nSPS) is 11.8. The number of carbonyl (C=O) groups is 1. The fraction of sp³-hybridized carbons (Fsp3) is 0.308. The van der Waals surface area contributed by atoms with Crippen molar-refractivity contribution in [2.45, 2.75) is 25.9 Å². The Kier molecular flexibility index (Phi) is 9.18. The summed E-state index contributed by atoms with van der Waals surface area (Å²) >= 11 is 0. The number of nitrogens with zero attached hydrogens (tertiary/aromatic N) is 3. The van der Waals surface area contributed by atoms with Crippen LogP contribution in [0.5, 0.6) is 11.5 Å². The number of rotatable bonds is 13. The third-order valence-electron chi connectivity index (χ3n) is 5.49. The lowest BCUT2D eigenvalue weighted by Crippen LogP contribution is -2.26. The highest BCUT2D eigenvalue weighted by Crippen LogP contribution is 2.34. The summed E-state index contributed by atoms with van der Waals surface area (Å²) in [5.41, 5.74) is 1.11. The summed E-state index contributed by atoms with van der Waals surface area (Å²) in [6, 6.07) is 7.94. The van der Waals surface area contributed by atoms with Crippen LogP contribution in [-0.4, -0.2) is 64.1 Å². The molecule has 0 saturated carbocycles. The number of H-pyrrole nitrogens is 1. The number of carbonyl (C=O) groups excluding carboxylic acids is 1. The number of aromatic nitrogens is 4. The summed E-state index contributed by atoms with van der Waals surface area (Å²) in [6.45, 7) is 3.39. The van der Waals surface area contributed by atoms with Crippen LogP contribution in [-0.2, 0) is 11.2 Å². The summed E-state index contributed by atoms with van der Waals surface area (Å²) < 4.78 is 38.1. The number of nitrogens with one attached hydrogen (secondary N) is 4. The number of aliphatic hydroxyl groups excluding tert-OH is 1. The van der Waals surface area contributed by atoms with Crippen molar-refractivity contribution < 1.29 is 28.2 Å². The third kappa shape index (κ3) is 7.82. The Hall–Kier alpha value is -4.36. The van der Waals surface area contributed by atoms with E-state index in [4.69, 9.17) is 9.47 Å². The minimum absolute atomic E-state index is 0.0214. The van der Waals surface area contributed by atoms with Crippen LogP contribution in [0.4, 0.5) is 26.1 Å². The van der Waals surface area contributed by atoms with Gasteiger partial charge in [-0.3, -0.25) is 9.89 Å². The first-order chi connectivity index (χ1) is 18.8.